The lowest BCUT2D eigenvalue weighted by atomic mass is 9.68. The summed E-state index contributed by atoms with van der Waals surface area (Å²) in [7, 11) is 4.97. The fourth-order valence-corrected chi connectivity index (χ4v) is 10.3. The predicted octanol–water partition coefficient (Wildman–Crippen LogP) is 13.6. The fraction of sp³-hybridized carbons (Fsp3) is 0.702. The molecule has 0 amide bonds. The van der Waals surface area contributed by atoms with Gasteiger partial charge in [0.1, 0.15) is 0 Å². The van der Waals surface area contributed by atoms with Crippen molar-refractivity contribution >= 4 is 10.1 Å². The molecule has 4 aliphatic rings. The molecule has 310 valence electrons. The standard InChI is InChI=1S/C23H34F2.C22H30F2.C2H6O.OSi.H2O/c1-2-3-4-5-17-6-8-18(9-7-17)19-10-12-20(13-11-19)21-14-15-22(24)23(25)16-21;1-2-3-4-16-5-7-17(8-6-16)18-9-11-19(12-10-18)20-13-14-21(23)22(24)15-20;1-3-2;1-2;/h14-20H,2-13H2,1H3;2,13-19H,1,3-12H2;1-2H3;;1H2. The second-order valence-corrected chi connectivity index (χ2v) is 16.9. The molecule has 0 atom stereocenters. The molecule has 2 N–H and O–H groups in total. The van der Waals surface area contributed by atoms with E-state index in [1.54, 1.807) is 36.5 Å². The van der Waals surface area contributed by atoms with Gasteiger partial charge < -0.3 is 14.7 Å². The number of methoxy groups -OCH3 is 1. The second kappa shape index (κ2) is 27.5. The monoisotopic (exact) mass is 789 g/mol. The van der Waals surface area contributed by atoms with Crippen molar-refractivity contribution in [3.63, 3.8) is 0 Å². The number of hydrogen-bond donors (Lipinski definition) is 0. The molecule has 55 heavy (non-hydrogen) atoms. The third-order valence-electron chi connectivity index (χ3n) is 13.5. The predicted molar refractivity (Wildman–Crippen MR) is 220 cm³/mol. The van der Waals surface area contributed by atoms with E-state index in [4.69, 9.17) is 4.46 Å². The highest BCUT2D eigenvalue weighted by molar-refractivity contribution is 5.85. The Hall–Kier alpha value is -2.16. The zero-order valence-electron chi connectivity index (χ0n) is 34.3. The molecule has 0 spiro atoms. The number of ether oxygens (including phenoxy) is 1. The fourth-order valence-electron chi connectivity index (χ4n) is 10.3. The third kappa shape index (κ3) is 16.3. The van der Waals surface area contributed by atoms with Gasteiger partial charge in [-0.25, -0.2) is 17.6 Å². The van der Waals surface area contributed by atoms with Crippen LogP contribution in [0.2, 0.25) is 0 Å². The van der Waals surface area contributed by atoms with Crippen LogP contribution in [-0.4, -0.2) is 29.8 Å². The molecule has 4 fully saturated rings. The lowest BCUT2D eigenvalue weighted by Crippen LogP contribution is -2.25. The highest BCUT2D eigenvalue weighted by atomic mass is 28.1. The van der Waals surface area contributed by atoms with Crippen molar-refractivity contribution in [1.82, 2.24) is 0 Å². The normalized spacial score (nSPS) is 27.7. The van der Waals surface area contributed by atoms with Crippen molar-refractivity contribution in [2.45, 2.75) is 160 Å². The minimum atomic E-state index is -0.736. The molecule has 2 aromatic carbocycles. The van der Waals surface area contributed by atoms with Crippen LogP contribution in [0.3, 0.4) is 0 Å². The molecule has 3 nitrogen and oxygen atoms in total. The lowest BCUT2D eigenvalue weighted by molar-refractivity contribution is 0.155. The SMILES string of the molecule is C=CCCC1CCC(C2CCC(c3ccc(F)c(F)c3)CC2)CC1.CCCCCC1CCC(C2CCC(c3ccc(F)c(F)c3)CC2)CC1.COC.O.O=[Si]. The van der Waals surface area contributed by atoms with E-state index in [1.165, 1.54) is 133 Å². The van der Waals surface area contributed by atoms with Crippen molar-refractivity contribution in [3.8, 4) is 0 Å². The van der Waals surface area contributed by atoms with Gasteiger partial charge >= 0.3 is 10.1 Å². The Morgan fingerprint density at radius 1 is 0.582 bits per heavy atom. The summed E-state index contributed by atoms with van der Waals surface area (Å²) in [5, 5.41) is 0. The van der Waals surface area contributed by atoms with Crippen LogP contribution in [0.15, 0.2) is 49.1 Å². The van der Waals surface area contributed by atoms with E-state index in [0.29, 0.717) is 11.8 Å². The van der Waals surface area contributed by atoms with E-state index in [-0.39, 0.29) is 5.48 Å². The summed E-state index contributed by atoms with van der Waals surface area (Å²) < 4.78 is 65.5. The summed E-state index contributed by atoms with van der Waals surface area (Å²) in [5.74, 6) is 3.44. The van der Waals surface area contributed by atoms with E-state index >= 15 is 0 Å². The van der Waals surface area contributed by atoms with Gasteiger partial charge in [0, 0.05) is 14.2 Å². The van der Waals surface area contributed by atoms with Gasteiger partial charge in [-0.2, -0.15) is 0 Å². The van der Waals surface area contributed by atoms with Gasteiger partial charge in [0.05, 0.1) is 0 Å². The van der Waals surface area contributed by atoms with Crippen LogP contribution in [0.4, 0.5) is 17.6 Å². The van der Waals surface area contributed by atoms with E-state index in [1.807, 2.05) is 6.08 Å². The van der Waals surface area contributed by atoms with E-state index < -0.39 is 23.3 Å². The molecule has 2 aromatic rings. The first-order chi connectivity index (χ1) is 26.3. The molecule has 4 saturated carbocycles. The molecule has 0 unspecified atom stereocenters. The summed E-state index contributed by atoms with van der Waals surface area (Å²) in [6, 6.07) is 8.95. The average Bonchev–Trinajstić information content (AvgIpc) is 3.21. The minimum Gasteiger partial charge on any atom is -0.412 e. The topological polar surface area (TPSA) is 57.8 Å². The first-order valence-electron chi connectivity index (χ1n) is 21.4. The first-order valence-corrected chi connectivity index (χ1v) is 21.8. The van der Waals surface area contributed by atoms with Crippen molar-refractivity contribution in [1.29, 1.82) is 0 Å². The maximum Gasteiger partial charge on any atom is 0.381 e. The van der Waals surface area contributed by atoms with Gasteiger partial charge in [0.15, 0.2) is 23.3 Å². The Morgan fingerprint density at radius 3 is 1.25 bits per heavy atom. The molecule has 2 radical (unpaired) electrons. The molecular weight excluding hydrogens is 717 g/mol. The Labute approximate surface area is 334 Å². The van der Waals surface area contributed by atoms with Crippen LogP contribution in [0, 0.1) is 58.8 Å². The number of hydrogen-bond acceptors (Lipinski definition) is 2. The van der Waals surface area contributed by atoms with E-state index in [2.05, 4.69) is 18.2 Å². The van der Waals surface area contributed by atoms with Crippen LogP contribution < -0.4 is 0 Å². The Balaban J connectivity index is 0.000000335. The summed E-state index contributed by atoms with van der Waals surface area (Å²) in [4.78, 5) is 0. The highest BCUT2D eigenvalue weighted by Gasteiger charge is 2.33. The second-order valence-electron chi connectivity index (χ2n) is 16.9. The lowest BCUT2D eigenvalue weighted by Gasteiger charge is -2.38. The molecule has 0 bridgehead atoms. The Bertz CT molecular complexity index is 1310. The molecule has 0 heterocycles. The van der Waals surface area contributed by atoms with Gasteiger partial charge in [-0.3, -0.25) is 0 Å². The maximum atomic E-state index is 13.5. The quantitative estimate of drug-likeness (QED) is 0.0985. The summed E-state index contributed by atoms with van der Waals surface area (Å²) in [5.41, 5.74) is 1.98. The summed E-state index contributed by atoms with van der Waals surface area (Å²) >= 11 is 0. The average molecular weight is 789 g/mol. The zero-order valence-corrected chi connectivity index (χ0v) is 35.3. The van der Waals surface area contributed by atoms with Crippen molar-refractivity contribution in [2.75, 3.05) is 14.2 Å². The summed E-state index contributed by atoms with van der Waals surface area (Å²) in [6.07, 6.45) is 31.0. The molecule has 0 aliphatic heterocycles. The zero-order chi connectivity index (χ0) is 39.3. The van der Waals surface area contributed by atoms with E-state index in [0.717, 1.165) is 78.7 Å². The van der Waals surface area contributed by atoms with Gasteiger partial charge in [-0.05, 0) is 173 Å². The molecule has 0 aromatic heterocycles. The van der Waals surface area contributed by atoms with Crippen LogP contribution in [0.25, 0.3) is 0 Å². The molecular formula is C47H72F4O3Si. The first kappa shape index (κ1) is 49.0. The minimum absolute atomic E-state index is 0. The van der Waals surface area contributed by atoms with Crippen molar-refractivity contribution < 1.29 is 32.2 Å². The molecule has 6 rings (SSSR count). The summed E-state index contributed by atoms with van der Waals surface area (Å²) in [6.45, 7) is 6.12. The van der Waals surface area contributed by atoms with Gasteiger partial charge in [0.2, 0.25) is 0 Å². The van der Waals surface area contributed by atoms with Gasteiger partial charge in [-0.15, -0.1) is 6.58 Å². The molecule has 8 heteroatoms. The molecule has 4 aliphatic carbocycles. The number of benzene rings is 2. The largest absolute Gasteiger partial charge is 0.412 e. The van der Waals surface area contributed by atoms with E-state index in [9.17, 15) is 17.6 Å². The van der Waals surface area contributed by atoms with Crippen LogP contribution in [-0.2, 0) is 9.20 Å². The van der Waals surface area contributed by atoms with Crippen LogP contribution in [0.5, 0.6) is 0 Å². The maximum absolute atomic E-state index is 13.5. The Morgan fingerprint density at radius 2 is 0.927 bits per heavy atom. The third-order valence-corrected chi connectivity index (χ3v) is 13.5. The van der Waals surface area contributed by atoms with Crippen LogP contribution >= 0.6 is 0 Å². The number of unbranched alkanes of at least 4 members (excludes halogenated alkanes) is 2. The van der Waals surface area contributed by atoms with Gasteiger partial charge in [-0.1, -0.05) is 76.5 Å². The smallest absolute Gasteiger partial charge is 0.381 e. The van der Waals surface area contributed by atoms with Crippen LogP contribution in [0.1, 0.15) is 171 Å². The number of allylic oxidation sites excluding steroid dienone is 1. The highest BCUT2D eigenvalue weighted by Crippen LogP contribution is 2.46. The Kier molecular flexibility index (Phi) is 24.5. The van der Waals surface area contributed by atoms with Crippen molar-refractivity contribution in [3.05, 3.63) is 83.4 Å². The molecule has 0 saturated heterocycles. The van der Waals surface area contributed by atoms with Crippen molar-refractivity contribution in [2.24, 2.45) is 35.5 Å². The number of halogens is 4. The van der Waals surface area contributed by atoms with Gasteiger partial charge in [0.25, 0.3) is 0 Å². The number of rotatable bonds is 11.